The van der Waals surface area contributed by atoms with Crippen molar-refractivity contribution in [2.75, 3.05) is 5.32 Å². The van der Waals surface area contributed by atoms with Crippen LogP contribution < -0.4 is 5.32 Å². The maximum atomic E-state index is 12.6. The third-order valence-electron chi connectivity index (χ3n) is 3.47. The van der Waals surface area contributed by atoms with Crippen molar-refractivity contribution in [1.82, 2.24) is 14.2 Å². The first-order chi connectivity index (χ1) is 11.4. The lowest BCUT2D eigenvalue weighted by molar-refractivity contribution is 0.102. The van der Waals surface area contributed by atoms with E-state index in [1.54, 1.807) is 17.5 Å². The van der Waals surface area contributed by atoms with E-state index in [-0.39, 0.29) is 10.6 Å². The van der Waals surface area contributed by atoms with Gasteiger partial charge in [0.15, 0.2) is 5.01 Å². The minimum atomic E-state index is -3.81. The van der Waals surface area contributed by atoms with Gasteiger partial charge >= 0.3 is 0 Å². The minimum Gasteiger partial charge on any atom is -0.317 e. The van der Waals surface area contributed by atoms with Crippen LogP contribution in [0.25, 0.3) is 0 Å². The molecule has 0 atom stereocenters. The lowest BCUT2D eigenvalue weighted by Gasteiger charge is -2.06. The van der Waals surface area contributed by atoms with Crippen molar-refractivity contribution in [2.45, 2.75) is 18.7 Å². The summed E-state index contributed by atoms with van der Waals surface area (Å²) >= 11 is 1.19. The second kappa shape index (κ2) is 6.17. The molecule has 0 aliphatic carbocycles. The Kier molecular flexibility index (Phi) is 4.20. The van der Waals surface area contributed by atoms with E-state index in [9.17, 15) is 13.2 Å². The molecule has 2 heterocycles. The largest absolute Gasteiger partial charge is 0.317 e. The van der Waals surface area contributed by atoms with E-state index in [1.165, 1.54) is 36.0 Å². The number of thiazole rings is 1. The highest BCUT2D eigenvalue weighted by molar-refractivity contribution is 7.89. The molecule has 124 valence electrons. The number of hydrogen-bond acceptors (Lipinski definition) is 6. The molecule has 7 nitrogen and oxygen atoms in total. The second-order valence-corrected chi connectivity index (χ2v) is 7.83. The Bertz CT molecular complexity index is 992. The van der Waals surface area contributed by atoms with Gasteiger partial charge in [-0.05, 0) is 37.1 Å². The molecule has 0 bridgehead atoms. The zero-order chi connectivity index (χ0) is 17.3. The summed E-state index contributed by atoms with van der Waals surface area (Å²) in [6.45, 7) is 3.75. The maximum absolute atomic E-state index is 12.6. The number of carbonyl (C=O) groups is 1. The normalized spacial score (nSPS) is 11.4. The van der Waals surface area contributed by atoms with Gasteiger partial charge < -0.3 is 5.32 Å². The molecule has 0 unspecified atom stereocenters. The Morgan fingerprint density at radius 2 is 2.04 bits per heavy atom. The minimum absolute atomic E-state index is 0.145. The van der Waals surface area contributed by atoms with Gasteiger partial charge in [-0.3, -0.25) is 4.79 Å². The number of carbonyl (C=O) groups excluding carboxylic acids is 1. The van der Waals surface area contributed by atoms with Gasteiger partial charge in [0.25, 0.3) is 15.9 Å². The molecule has 9 heteroatoms. The van der Waals surface area contributed by atoms with Gasteiger partial charge in [-0.2, -0.15) is 17.6 Å². The van der Waals surface area contributed by atoms with E-state index in [1.807, 2.05) is 13.8 Å². The van der Waals surface area contributed by atoms with E-state index in [0.717, 1.165) is 15.2 Å². The molecule has 2 aromatic heterocycles. The van der Waals surface area contributed by atoms with Crippen LogP contribution in [0.3, 0.4) is 0 Å². The molecule has 0 radical (unpaired) electrons. The molecule has 0 saturated heterocycles. The van der Waals surface area contributed by atoms with Crippen molar-refractivity contribution < 1.29 is 13.2 Å². The fourth-order valence-electron chi connectivity index (χ4n) is 2.00. The molecule has 3 aromatic rings. The molecule has 0 fully saturated rings. The predicted molar refractivity (Wildman–Crippen MR) is 90.8 cm³/mol. The number of rotatable bonds is 4. The second-order valence-electron chi connectivity index (χ2n) is 5.14. The van der Waals surface area contributed by atoms with Crippen molar-refractivity contribution in [3.63, 3.8) is 0 Å². The van der Waals surface area contributed by atoms with Crippen LogP contribution in [-0.4, -0.2) is 28.5 Å². The Morgan fingerprint density at radius 1 is 1.25 bits per heavy atom. The zero-order valence-corrected chi connectivity index (χ0v) is 14.6. The van der Waals surface area contributed by atoms with Crippen molar-refractivity contribution >= 4 is 33.0 Å². The summed E-state index contributed by atoms with van der Waals surface area (Å²) in [4.78, 5) is 16.0. The maximum Gasteiger partial charge on any atom is 0.284 e. The fraction of sp³-hybridized carbons (Fsp3) is 0.133. The summed E-state index contributed by atoms with van der Waals surface area (Å²) in [5.74, 6) is -0.409. The monoisotopic (exact) mass is 362 g/mol. The summed E-state index contributed by atoms with van der Waals surface area (Å²) < 4.78 is 26.0. The van der Waals surface area contributed by atoms with Crippen LogP contribution in [0.1, 0.15) is 20.9 Å². The Morgan fingerprint density at radius 3 is 2.71 bits per heavy atom. The number of aromatic nitrogens is 3. The smallest absolute Gasteiger partial charge is 0.284 e. The molecule has 0 aliphatic rings. The van der Waals surface area contributed by atoms with Crippen LogP contribution in [0.15, 0.2) is 47.1 Å². The third-order valence-corrected chi connectivity index (χ3v) is 5.78. The molecule has 0 aliphatic heterocycles. The standard InChI is InChI=1S/C15H14N4O3S2/c1-10-3-4-13(7-11(10)2)24(21,22)19-9-12(8-17-19)18-14(20)15-16-5-6-23-15/h3-9H,1-2H3,(H,18,20). The number of benzene rings is 1. The highest BCUT2D eigenvalue weighted by atomic mass is 32.2. The van der Waals surface area contributed by atoms with Crippen molar-refractivity contribution in [2.24, 2.45) is 0 Å². The number of aryl methyl sites for hydroxylation is 2. The quantitative estimate of drug-likeness (QED) is 0.769. The Hall–Kier alpha value is -2.52. The van der Waals surface area contributed by atoms with Crippen molar-refractivity contribution in [3.8, 4) is 0 Å². The molecule has 1 N–H and O–H groups in total. The van der Waals surface area contributed by atoms with Crippen molar-refractivity contribution in [1.29, 1.82) is 0 Å². The van der Waals surface area contributed by atoms with Crippen LogP contribution in [0.4, 0.5) is 5.69 Å². The van der Waals surface area contributed by atoms with E-state index >= 15 is 0 Å². The first-order valence-electron chi connectivity index (χ1n) is 6.96. The van der Waals surface area contributed by atoms with Crippen LogP contribution in [0.5, 0.6) is 0 Å². The van der Waals surface area contributed by atoms with Gasteiger partial charge in [-0.1, -0.05) is 6.07 Å². The molecule has 3 rings (SSSR count). The summed E-state index contributed by atoms with van der Waals surface area (Å²) in [6, 6.07) is 4.88. The number of hydrogen-bond donors (Lipinski definition) is 1. The van der Waals surface area contributed by atoms with E-state index < -0.39 is 15.9 Å². The number of nitrogens with zero attached hydrogens (tertiary/aromatic N) is 3. The lowest BCUT2D eigenvalue weighted by Crippen LogP contribution is -2.14. The molecule has 1 amide bonds. The molecular formula is C15H14N4O3S2. The van der Waals surface area contributed by atoms with E-state index in [0.29, 0.717) is 5.01 Å². The summed E-state index contributed by atoms with van der Waals surface area (Å²) in [5.41, 5.74) is 2.16. The van der Waals surface area contributed by atoms with Gasteiger partial charge in [-0.25, -0.2) is 4.98 Å². The first-order valence-corrected chi connectivity index (χ1v) is 9.28. The van der Waals surface area contributed by atoms with Crippen LogP contribution in [-0.2, 0) is 10.0 Å². The summed E-state index contributed by atoms with van der Waals surface area (Å²) in [6.07, 6.45) is 4.06. The van der Waals surface area contributed by atoms with E-state index in [2.05, 4.69) is 15.4 Å². The molecule has 1 aromatic carbocycles. The predicted octanol–water partition coefficient (Wildman–Crippen LogP) is 2.45. The van der Waals surface area contributed by atoms with Gasteiger partial charge in [0.05, 0.1) is 23.0 Å². The average molecular weight is 362 g/mol. The van der Waals surface area contributed by atoms with E-state index in [4.69, 9.17) is 0 Å². The molecular weight excluding hydrogens is 348 g/mol. The third kappa shape index (κ3) is 3.08. The highest BCUT2D eigenvalue weighted by Crippen LogP contribution is 2.19. The zero-order valence-electron chi connectivity index (χ0n) is 12.9. The Labute approximate surface area is 143 Å². The van der Waals surface area contributed by atoms with Gasteiger partial charge in [0.2, 0.25) is 0 Å². The Balaban J connectivity index is 1.86. The van der Waals surface area contributed by atoms with Crippen LogP contribution in [0.2, 0.25) is 0 Å². The summed E-state index contributed by atoms with van der Waals surface area (Å²) in [5, 5.41) is 8.39. The van der Waals surface area contributed by atoms with Gasteiger partial charge in [-0.15, -0.1) is 11.3 Å². The van der Waals surface area contributed by atoms with Crippen molar-refractivity contribution in [3.05, 3.63) is 58.3 Å². The fourth-order valence-corrected chi connectivity index (χ4v) is 3.74. The number of anilines is 1. The number of amides is 1. The molecule has 24 heavy (non-hydrogen) atoms. The van der Waals surface area contributed by atoms with Gasteiger partial charge in [0, 0.05) is 11.6 Å². The summed E-state index contributed by atoms with van der Waals surface area (Å²) in [7, 11) is -3.81. The lowest BCUT2D eigenvalue weighted by atomic mass is 10.1. The highest BCUT2D eigenvalue weighted by Gasteiger charge is 2.19. The molecule has 0 saturated carbocycles. The van der Waals surface area contributed by atoms with Crippen LogP contribution in [0, 0.1) is 13.8 Å². The topological polar surface area (TPSA) is 94.0 Å². The van der Waals surface area contributed by atoms with Crippen LogP contribution >= 0.6 is 11.3 Å². The van der Waals surface area contributed by atoms with Gasteiger partial charge in [0.1, 0.15) is 0 Å². The first kappa shape index (κ1) is 16.3. The SMILES string of the molecule is Cc1ccc(S(=O)(=O)n2cc(NC(=O)c3nccs3)cn2)cc1C. The molecule has 0 spiro atoms. The number of nitrogens with one attached hydrogen (secondary N) is 1. The average Bonchev–Trinajstić information content (AvgIpc) is 3.21.